The molecule has 3 heteroatoms. The predicted molar refractivity (Wildman–Crippen MR) is 59.2 cm³/mol. The third-order valence-corrected chi connectivity index (χ3v) is 2.44. The summed E-state index contributed by atoms with van der Waals surface area (Å²) in [6, 6.07) is 5.70. The number of pyridine rings is 1. The molecule has 0 saturated carbocycles. The number of carbonyl (C=O) groups is 1. The molecule has 0 bridgehead atoms. The third kappa shape index (κ3) is 1.77. The number of aryl methyl sites for hydroxylation is 1. The highest BCUT2D eigenvalue weighted by Gasteiger charge is 2.08. The minimum absolute atomic E-state index is 0.0866. The fraction of sp³-hybridized carbons (Fsp3) is 0.333. The van der Waals surface area contributed by atoms with E-state index in [2.05, 4.69) is 12.0 Å². The molecule has 0 unspecified atom stereocenters. The van der Waals surface area contributed by atoms with Crippen molar-refractivity contribution in [1.82, 2.24) is 9.61 Å². The molecule has 2 heterocycles. The maximum atomic E-state index is 11.4. The van der Waals surface area contributed by atoms with Gasteiger partial charge in [0.15, 0.2) is 5.78 Å². The van der Waals surface area contributed by atoms with Gasteiger partial charge in [0.1, 0.15) is 0 Å². The fourth-order valence-electron chi connectivity index (χ4n) is 1.74. The molecule has 0 aliphatic heterocycles. The van der Waals surface area contributed by atoms with Crippen molar-refractivity contribution in [2.45, 2.75) is 26.7 Å². The van der Waals surface area contributed by atoms with Gasteiger partial charge in [0.05, 0.1) is 11.2 Å². The van der Waals surface area contributed by atoms with Crippen molar-refractivity contribution < 1.29 is 4.79 Å². The molecule has 3 nitrogen and oxygen atoms in total. The van der Waals surface area contributed by atoms with Gasteiger partial charge in [-0.3, -0.25) is 4.79 Å². The van der Waals surface area contributed by atoms with Crippen molar-refractivity contribution in [1.29, 1.82) is 0 Å². The summed E-state index contributed by atoms with van der Waals surface area (Å²) in [6.45, 7) is 3.71. The lowest BCUT2D eigenvalue weighted by Crippen LogP contribution is -1.96. The molecular formula is C12H14N2O. The van der Waals surface area contributed by atoms with Crippen LogP contribution in [0.25, 0.3) is 5.52 Å². The highest BCUT2D eigenvalue weighted by molar-refractivity contribution is 6.00. The van der Waals surface area contributed by atoms with Gasteiger partial charge >= 0.3 is 0 Å². The molecule has 15 heavy (non-hydrogen) atoms. The van der Waals surface area contributed by atoms with Crippen LogP contribution in [0.5, 0.6) is 0 Å². The van der Waals surface area contributed by atoms with E-state index in [1.54, 1.807) is 11.4 Å². The second-order valence-electron chi connectivity index (χ2n) is 3.69. The first kappa shape index (κ1) is 9.90. The normalized spacial score (nSPS) is 10.8. The SMILES string of the molecule is CCCc1cc2c(C(C)=O)cccn2n1. The summed E-state index contributed by atoms with van der Waals surface area (Å²) in [5.74, 6) is 0.0866. The van der Waals surface area contributed by atoms with Crippen LogP contribution in [0, 0.1) is 0 Å². The maximum Gasteiger partial charge on any atom is 0.161 e. The van der Waals surface area contributed by atoms with Crippen LogP contribution in [0.4, 0.5) is 0 Å². The van der Waals surface area contributed by atoms with E-state index in [4.69, 9.17) is 0 Å². The fourth-order valence-corrected chi connectivity index (χ4v) is 1.74. The first-order valence-electron chi connectivity index (χ1n) is 5.20. The van der Waals surface area contributed by atoms with Crippen LogP contribution in [0.15, 0.2) is 24.4 Å². The number of hydrogen-bond donors (Lipinski definition) is 0. The second-order valence-corrected chi connectivity index (χ2v) is 3.69. The topological polar surface area (TPSA) is 34.4 Å². The lowest BCUT2D eigenvalue weighted by Gasteiger charge is -1.97. The van der Waals surface area contributed by atoms with E-state index in [1.807, 2.05) is 24.4 Å². The Hall–Kier alpha value is -1.64. The summed E-state index contributed by atoms with van der Waals surface area (Å²) in [6.07, 6.45) is 3.90. The molecular weight excluding hydrogens is 188 g/mol. The second kappa shape index (κ2) is 3.85. The van der Waals surface area contributed by atoms with E-state index in [-0.39, 0.29) is 5.78 Å². The number of rotatable bonds is 3. The molecule has 0 aromatic carbocycles. The van der Waals surface area contributed by atoms with E-state index in [1.165, 1.54) is 0 Å². The molecule has 0 amide bonds. The molecule has 2 rings (SSSR count). The zero-order chi connectivity index (χ0) is 10.8. The van der Waals surface area contributed by atoms with Gasteiger partial charge in [-0.1, -0.05) is 13.3 Å². The average Bonchev–Trinajstić information content (AvgIpc) is 2.59. The Kier molecular flexibility index (Phi) is 2.54. The van der Waals surface area contributed by atoms with Crippen molar-refractivity contribution in [2.75, 3.05) is 0 Å². The van der Waals surface area contributed by atoms with E-state index < -0.39 is 0 Å². The van der Waals surface area contributed by atoms with Crippen LogP contribution in [0.3, 0.4) is 0 Å². The van der Waals surface area contributed by atoms with Gasteiger partial charge in [-0.05, 0) is 31.5 Å². The molecule has 0 atom stereocenters. The molecule has 0 N–H and O–H groups in total. The van der Waals surface area contributed by atoms with Gasteiger partial charge < -0.3 is 0 Å². The zero-order valence-electron chi connectivity index (χ0n) is 9.03. The van der Waals surface area contributed by atoms with E-state index in [0.29, 0.717) is 0 Å². The molecule has 0 fully saturated rings. The van der Waals surface area contributed by atoms with Crippen LogP contribution in [0.1, 0.15) is 36.3 Å². The highest BCUT2D eigenvalue weighted by atomic mass is 16.1. The van der Waals surface area contributed by atoms with Crippen LogP contribution < -0.4 is 0 Å². The van der Waals surface area contributed by atoms with Gasteiger partial charge in [0.25, 0.3) is 0 Å². The number of hydrogen-bond acceptors (Lipinski definition) is 2. The molecule has 0 aliphatic rings. The van der Waals surface area contributed by atoms with Crippen molar-refractivity contribution in [3.8, 4) is 0 Å². The number of aromatic nitrogens is 2. The molecule has 0 aliphatic carbocycles. The molecule has 0 radical (unpaired) electrons. The van der Waals surface area contributed by atoms with Gasteiger partial charge in [-0.2, -0.15) is 5.10 Å². The van der Waals surface area contributed by atoms with Gasteiger partial charge in [0, 0.05) is 11.8 Å². The van der Waals surface area contributed by atoms with Gasteiger partial charge in [-0.25, -0.2) is 4.52 Å². The summed E-state index contributed by atoms with van der Waals surface area (Å²) >= 11 is 0. The predicted octanol–water partition coefficient (Wildman–Crippen LogP) is 2.49. The molecule has 0 spiro atoms. The molecule has 2 aromatic rings. The Morgan fingerprint density at radius 2 is 2.33 bits per heavy atom. The lowest BCUT2D eigenvalue weighted by atomic mass is 10.1. The number of Topliss-reactive ketones (excluding diaryl/α,β-unsaturated/α-hetero) is 1. The number of ketones is 1. The van der Waals surface area contributed by atoms with Crippen LogP contribution in [-0.2, 0) is 6.42 Å². The minimum atomic E-state index is 0.0866. The Morgan fingerprint density at radius 3 is 3.00 bits per heavy atom. The van der Waals surface area contributed by atoms with Crippen molar-refractivity contribution in [3.63, 3.8) is 0 Å². The zero-order valence-corrected chi connectivity index (χ0v) is 9.03. The molecule has 0 saturated heterocycles. The Bertz CT molecular complexity index is 499. The number of carbonyl (C=O) groups excluding carboxylic acids is 1. The standard InChI is InChI=1S/C12H14N2O/c1-3-5-10-8-12-11(9(2)15)6-4-7-14(12)13-10/h4,6-8H,3,5H2,1-2H3. The van der Waals surface area contributed by atoms with Crippen LogP contribution in [-0.4, -0.2) is 15.4 Å². The number of fused-ring (bicyclic) bond motifs is 1. The van der Waals surface area contributed by atoms with E-state index in [0.717, 1.165) is 29.6 Å². The number of nitrogens with zero attached hydrogens (tertiary/aromatic N) is 2. The monoisotopic (exact) mass is 202 g/mol. The van der Waals surface area contributed by atoms with Crippen molar-refractivity contribution in [2.24, 2.45) is 0 Å². The molecule has 78 valence electrons. The van der Waals surface area contributed by atoms with E-state index in [9.17, 15) is 4.79 Å². The summed E-state index contributed by atoms with van der Waals surface area (Å²) in [7, 11) is 0. The smallest absolute Gasteiger partial charge is 0.161 e. The Balaban J connectivity index is 2.59. The molecule has 2 aromatic heterocycles. The first-order valence-corrected chi connectivity index (χ1v) is 5.20. The van der Waals surface area contributed by atoms with Crippen LogP contribution in [0.2, 0.25) is 0 Å². The first-order chi connectivity index (χ1) is 7.22. The minimum Gasteiger partial charge on any atom is -0.294 e. The Labute approximate surface area is 88.7 Å². The maximum absolute atomic E-state index is 11.4. The third-order valence-electron chi connectivity index (χ3n) is 2.44. The largest absolute Gasteiger partial charge is 0.294 e. The van der Waals surface area contributed by atoms with Crippen LogP contribution >= 0.6 is 0 Å². The summed E-state index contributed by atoms with van der Waals surface area (Å²) in [5, 5.41) is 4.41. The van der Waals surface area contributed by atoms with Crippen molar-refractivity contribution in [3.05, 3.63) is 35.7 Å². The Morgan fingerprint density at radius 1 is 1.53 bits per heavy atom. The summed E-state index contributed by atoms with van der Waals surface area (Å²) in [5.41, 5.74) is 2.70. The van der Waals surface area contributed by atoms with Crippen molar-refractivity contribution >= 4 is 11.3 Å². The van der Waals surface area contributed by atoms with Gasteiger partial charge in [0.2, 0.25) is 0 Å². The average molecular weight is 202 g/mol. The summed E-state index contributed by atoms with van der Waals surface area (Å²) in [4.78, 5) is 11.4. The quantitative estimate of drug-likeness (QED) is 0.716. The highest BCUT2D eigenvalue weighted by Crippen LogP contribution is 2.14. The lowest BCUT2D eigenvalue weighted by molar-refractivity contribution is 0.101. The van der Waals surface area contributed by atoms with E-state index >= 15 is 0 Å². The summed E-state index contributed by atoms with van der Waals surface area (Å²) < 4.78 is 1.78. The van der Waals surface area contributed by atoms with Gasteiger partial charge in [-0.15, -0.1) is 0 Å².